The smallest absolute Gasteiger partial charge is 0.316 e. The van der Waals surface area contributed by atoms with Crippen molar-refractivity contribution < 1.29 is 8.42 Å². The first-order chi connectivity index (χ1) is 8.24. The van der Waals surface area contributed by atoms with Gasteiger partial charge in [0.25, 0.3) is 0 Å². The zero-order valence-corrected chi connectivity index (χ0v) is 9.68. The zero-order valence-electron chi connectivity index (χ0n) is 8.87. The van der Waals surface area contributed by atoms with Gasteiger partial charge < -0.3 is 5.32 Å². The van der Waals surface area contributed by atoms with Crippen LogP contribution in [0.4, 0.5) is 17.1 Å². The summed E-state index contributed by atoms with van der Waals surface area (Å²) in [6, 6.07) is 16.5. The highest BCUT2D eigenvalue weighted by molar-refractivity contribution is 7.61. The van der Waals surface area contributed by atoms with E-state index in [1.807, 2.05) is 30.3 Å². The van der Waals surface area contributed by atoms with Crippen LogP contribution in [0.25, 0.3) is 0 Å². The third-order valence-corrected chi connectivity index (χ3v) is 2.47. The van der Waals surface area contributed by atoms with E-state index in [1.165, 1.54) is 0 Å². The Morgan fingerprint density at radius 1 is 0.824 bits per heavy atom. The van der Waals surface area contributed by atoms with Gasteiger partial charge in [-0.15, -0.1) is 4.36 Å². The third-order valence-electron chi connectivity index (χ3n) is 2.11. The lowest BCUT2D eigenvalue weighted by Gasteiger charge is -2.05. The van der Waals surface area contributed by atoms with Gasteiger partial charge in [0.05, 0.1) is 5.69 Å². The predicted octanol–water partition coefficient (Wildman–Crippen LogP) is 3.12. The molecule has 0 unspecified atom stereocenters. The average molecular weight is 246 g/mol. The highest BCUT2D eigenvalue weighted by Crippen LogP contribution is 2.19. The van der Waals surface area contributed by atoms with Crippen LogP contribution >= 0.6 is 0 Å². The van der Waals surface area contributed by atoms with Gasteiger partial charge in [0.1, 0.15) is 0 Å². The molecule has 5 heteroatoms. The summed E-state index contributed by atoms with van der Waals surface area (Å²) in [6.07, 6.45) is 0. The summed E-state index contributed by atoms with van der Waals surface area (Å²) in [6.45, 7) is 0. The van der Waals surface area contributed by atoms with E-state index in [0.29, 0.717) is 5.69 Å². The monoisotopic (exact) mass is 246 g/mol. The van der Waals surface area contributed by atoms with Gasteiger partial charge in [-0.25, -0.2) is 0 Å². The molecule has 86 valence electrons. The van der Waals surface area contributed by atoms with E-state index < -0.39 is 10.5 Å². The number of benzene rings is 2. The minimum atomic E-state index is -2.41. The van der Waals surface area contributed by atoms with E-state index >= 15 is 0 Å². The van der Waals surface area contributed by atoms with Gasteiger partial charge in [-0.3, -0.25) is 0 Å². The van der Waals surface area contributed by atoms with Crippen molar-refractivity contribution in [2.45, 2.75) is 0 Å². The van der Waals surface area contributed by atoms with Crippen LogP contribution in [-0.4, -0.2) is 8.42 Å². The van der Waals surface area contributed by atoms with Gasteiger partial charge >= 0.3 is 10.5 Å². The van der Waals surface area contributed by atoms with Crippen LogP contribution in [0.5, 0.6) is 0 Å². The third kappa shape index (κ3) is 3.42. The van der Waals surface area contributed by atoms with Gasteiger partial charge in [-0.2, -0.15) is 8.42 Å². The maximum atomic E-state index is 10.4. The summed E-state index contributed by atoms with van der Waals surface area (Å²) in [4.78, 5) is 0. The topological polar surface area (TPSA) is 58.5 Å². The highest BCUT2D eigenvalue weighted by Gasteiger charge is 1.94. The molecule has 1 N–H and O–H groups in total. The van der Waals surface area contributed by atoms with Crippen molar-refractivity contribution in [3.63, 3.8) is 0 Å². The molecule has 0 amide bonds. The second-order valence-corrected chi connectivity index (χ2v) is 3.96. The normalized spacial score (nSPS) is 9.65. The molecule has 0 radical (unpaired) electrons. The minimum Gasteiger partial charge on any atom is -0.356 e. The fraction of sp³-hybridized carbons (Fsp3) is 0. The fourth-order valence-electron chi connectivity index (χ4n) is 1.38. The lowest BCUT2D eigenvalue weighted by atomic mass is 10.2. The molecule has 17 heavy (non-hydrogen) atoms. The predicted molar refractivity (Wildman–Crippen MR) is 67.2 cm³/mol. The Morgan fingerprint density at radius 2 is 1.41 bits per heavy atom. The van der Waals surface area contributed by atoms with Crippen molar-refractivity contribution in [2.75, 3.05) is 5.32 Å². The molecule has 0 aliphatic rings. The zero-order chi connectivity index (χ0) is 12.1. The largest absolute Gasteiger partial charge is 0.356 e. The molecule has 0 aliphatic carbocycles. The van der Waals surface area contributed by atoms with E-state index in [9.17, 15) is 8.42 Å². The van der Waals surface area contributed by atoms with Crippen LogP contribution in [-0.2, 0) is 10.5 Å². The first-order valence-electron chi connectivity index (χ1n) is 4.97. The quantitative estimate of drug-likeness (QED) is 0.905. The molecule has 0 aliphatic heterocycles. The maximum absolute atomic E-state index is 10.4. The number of anilines is 2. The minimum absolute atomic E-state index is 0.414. The van der Waals surface area contributed by atoms with E-state index in [4.69, 9.17) is 0 Å². The standard InChI is InChI=1S/C12H10N2O2S/c15-17(16)14-12-8-6-11(7-9-12)13-10-4-2-1-3-5-10/h1-9,13H. The Hall–Kier alpha value is -2.14. The lowest BCUT2D eigenvalue weighted by molar-refractivity contribution is 0.622. The van der Waals surface area contributed by atoms with Crippen LogP contribution < -0.4 is 5.32 Å². The lowest BCUT2D eigenvalue weighted by Crippen LogP contribution is -1.88. The summed E-state index contributed by atoms with van der Waals surface area (Å²) < 4.78 is 24.1. The molecule has 0 saturated heterocycles. The number of nitrogens with zero attached hydrogens (tertiary/aromatic N) is 1. The van der Waals surface area contributed by atoms with Gasteiger partial charge in [0, 0.05) is 11.4 Å². The Balaban J connectivity index is 2.17. The number of rotatable bonds is 3. The van der Waals surface area contributed by atoms with Gasteiger partial charge in [-0.05, 0) is 36.4 Å². The number of para-hydroxylation sites is 1. The van der Waals surface area contributed by atoms with Crippen LogP contribution in [0, 0.1) is 0 Å². The second-order valence-electron chi connectivity index (χ2n) is 3.35. The summed E-state index contributed by atoms with van der Waals surface area (Å²) in [7, 11) is -2.41. The molecule has 0 aromatic heterocycles. The number of hydrogen-bond acceptors (Lipinski definition) is 4. The number of hydrogen-bond donors (Lipinski definition) is 1. The highest BCUT2D eigenvalue weighted by atomic mass is 32.2. The van der Waals surface area contributed by atoms with Crippen LogP contribution in [0.1, 0.15) is 0 Å². The van der Waals surface area contributed by atoms with E-state index in [-0.39, 0.29) is 0 Å². The Labute approximate surface area is 101 Å². The van der Waals surface area contributed by atoms with Crippen molar-refractivity contribution in [3.05, 3.63) is 54.6 Å². The van der Waals surface area contributed by atoms with Crippen molar-refractivity contribution in [2.24, 2.45) is 4.36 Å². The van der Waals surface area contributed by atoms with Crippen molar-refractivity contribution in [3.8, 4) is 0 Å². The fourth-order valence-corrected chi connectivity index (χ4v) is 1.67. The maximum Gasteiger partial charge on any atom is 0.316 e. The Morgan fingerprint density at radius 3 is 2.00 bits per heavy atom. The summed E-state index contributed by atoms with van der Waals surface area (Å²) in [5, 5.41) is 3.19. The summed E-state index contributed by atoms with van der Waals surface area (Å²) >= 11 is 0. The van der Waals surface area contributed by atoms with Crippen LogP contribution in [0.3, 0.4) is 0 Å². The molecule has 0 atom stereocenters. The van der Waals surface area contributed by atoms with Crippen molar-refractivity contribution >= 4 is 27.6 Å². The molecule has 2 aromatic rings. The van der Waals surface area contributed by atoms with Crippen LogP contribution in [0.15, 0.2) is 59.0 Å². The Bertz CT molecular complexity index is 611. The molecule has 0 fully saturated rings. The molecule has 2 aromatic carbocycles. The molecule has 0 heterocycles. The van der Waals surface area contributed by atoms with Gasteiger partial charge in [0.15, 0.2) is 0 Å². The van der Waals surface area contributed by atoms with Gasteiger partial charge in [-0.1, -0.05) is 18.2 Å². The molecule has 0 spiro atoms. The average Bonchev–Trinajstić information content (AvgIpc) is 2.32. The number of nitrogens with one attached hydrogen (secondary N) is 1. The van der Waals surface area contributed by atoms with E-state index in [0.717, 1.165) is 11.4 Å². The molecule has 4 nitrogen and oxygen atoms in total. The molecule has 2 rings (SSSR count). The summed E-state index contributed by atoms with van der Waals surface area (Å²) in [5.74, 6) is 0. The van der Waals surface area contributed by atoms with Gasteiger partial charge in [0.2, 0.25) is 0 Å². The second kappa shape index (κ2) is 5.27. The molecule has 0 bridgehead atoms. The molecular formula is C12H10N2O2S. The van der Waals surface area contributed by atoms with E-state index in [2.05, 4.69) is 9.68 Å². The van der Waals surface area contributed by atoms with Crippen molar-refractivity contribution in [1.29, 1.82) is 0 Å². The first kappa shape index (κ1) is 11.3. The SMILES string of the molecule is O=S(=O)=Nc1ccc(Nc2ccccc2)cc1. The first-order valence-corrected chi connectivity index (χ1v) is 6.00. The van der Waals surface area contributed by atoms with Crippen LogP contribution in [0.2, 0.25) is 0 Å². The van der Waals surface area contributed by atoms with Crippen molar-refractivity contribution in [1.82, 2.24) is 0 Å². The van der Waals surface area contributed by atoms with E-state index in [1.54, 1.807) is 24.3 Å². The molecule has 0 saturated carbocycles. The Kier molecular flexibility index (Phi) is 3.52. The summed E-state index contributed by atoms with van der Waals surface area (Å²) in [5.41, 5.74) is 2.27. The molecular weight excluding hydrogens is 236 g/mol.